The summed E-state index contributed by atoms with van der Waals surface area (Å²) in [5.41, 5.74) is 3.90. The highest BCUT2D eigenvalue weighted by Gasteiger charge is 2.34. The average molecular weight is 611 g/mol. The van der Waals surface area contributed by atoms with Crippen molar-refractivity contribution in [3.8, 4) is 17.2 Å². The number of likely N-dealkylation sites (N-methyl/N-ethyl adjacent to an activating group) is 1. The summed E-state index contributed by atoms with van der Waals surface area (Å²) in [6.45, 7) is 13.5. The monoisotopic (exact) mass is 610 g/mol. The molecule has 0 amide bonds. The van der Waals surface area contributed by atoms with Gasteiger partial charge >= 0.3 is 0 Å². The Labute approximate surface area is 257 Å². The Kier molecular flexibility index (Phi) is 10.6. The van der Waals surface area contributed by atoms with Gasteiger partial charge in [-0.05, 0) is 65.3 Å². The number of aliphatic hydroxyl groups is 1. The molecular weight excluding hydrogens is 564 g/mol. The standard InChI is InChI=1S/C34H46N2O6S/c1-23(2)26-17-29(24(3)4)34(30(18-26)25(5)6)43(38,39)36(13-15-37)31-20-33-32(41-22-42-33)19-27(31)21-35(7)14-16-40-28-11-9-8-10-12-28/h8-12,17-20,23-25,37H,13-16,21-22H2,1-7H3. The zero-order chi connectivity index (χ0) is 31.3. The van der Waals surface area contributed by atoms with Crippen LogP contribution in [0.25, 0.3) is 0 Å². The van der Waals surface area contributed by atoms with E-state index in [2.05, 4.69) is 18.7 Å². The van der Waals surface area contributed by atoms with E-state index in [0.29, 0.717) is 41.8 Å². The minimum atomic E-state index is -4.11. The van der Waals surface area contributed by atoms with E-state index in [1.54, 1.807) is 6.07 Å². The molecule has 0 atom stereocenters. The number of hydrogen-bond acceptors (Lipinski definition) is 7. The van der Waals surface area contributed by atoms with Crippen LogP contribution in [-0.2, 0) is 16.6 Å². The fourth-order valence-corrected chi connectivity index (χ4v) is 7.45. The van der Waals surface area contributed by atoms with Crippen LogP contribution in [0.3, 0.4) is 0 Å². The van der Waals surface area contributed by atoms with E-state index >= 15 is 0 Å². The highest BCUT2D eigenvalue weighted by Crippen LogP contribution is 2.43. The summed E-state index contributed by atoms with van der Waals surface area (Å²) in [5.74, 6) is 2.05. The number of rotatable bonds is 14. The van der Waals surface area contributed by atoms with E-state index in [9.17, 15) is 13.5 Å². The van der Waals surface area contributed by atoms with Gasteiger partial charge in [-0.25, -0.2) is 8.42 Å². The molecule has 0 bridgehead atoms. The van der Waals surface area contributed by atoms with E-state index in [-0.39, 0.29) is 37.7 Å². The summed E-state index contributed by atoms with van der Waals surface area (Å²) in [4.78, 5) is 2.40. The first-order valence-corrected chi connectivity index (χ1v) is 16.5. The maximum absolute atomic E-state index is 14.8. The molecule has 43 heavy (non-hydrogen) atoms. The predicted molar refractivity (Wildman–Crippen MR) is 171 cm³/mol. The van der Waals surface area contributed by atoms with Gasteiger partial charge in [0.1, 0.15) is 12.4 Å². The molecule has 0 fully saturated rings. The van der Waals surface area contributed by atoms with Crippen LogP contribution < -0.4 is 18.5 Å². The lowest BCUT2D eigenvalue weighted by molar-refractivity contribution is 0.174. The number of benzene rings is 3. The third-order valence-electron chi connectivity index (χ3n) is 7.70. The lowest BCUT2D eigenvalue weighted by atomic mass is 9.89. The first-order valence-electron chi connectivity index (χ1n) is 15.0. The Balaban J connectivity index is 1.77. The molecule has 0 radical (unpaired) electrons. The van der Waals surface area contributed by atoms with E-state index in [1.165, 1.54) is 4.31 Å². The van der Waals surface area contributed by atoms with Crippen molar-refractivity contribution in [1.82, 2.24) is 4.90 Å². The lowest BCUT2D eigenvalue weighted by Crippen LogP contribution is -2.36. The van der Waals surface area contributed by atoms with Crippen molar-refractivity contribution in [1.29, 1.82) is 0 Å². The van der Waals surface area contributed by atoms with Crippen molar-refractivity contribution in [3.05, 3.63) is 76.9 Å². The van der Waals surface area contributed by atoms with Gasteiger partial charge in [-0.2, -0.15) is 0 Å². The molecule has 3 aromatic rings. The maximum Gasteiger partial charge on any atom is 0.264 e. The molecule has 0 spiro atoms. The van der Waals surface area contributed by atoms with Gasteiger partial charge in [0.15, 0.2) is 11.5 Å². The molecule has 8 nitrogen and oxygen atoms in total. The predicted octanol–water partition coefficient (Wildman–Crippen LogP) is 6.48. The van der Waals surface area contributed by atoms with E-state index in [4.69, 9.17) is 14.2 Å². The van der Waals surface area contributed by atoms with Gasteiger partial charge in [-0.3, -0.25) is 9.21 Å². The Morgan fingerprint density at radius 3 is 2.02 bits per heavy atom. The SMILES string of the molecule is CC(C)c1cc(C(C)C)c(S(=O)(=O)N(CCO)c2cc3c(cc2CN(C)CCOc2ccccc2)OCO3)c(C(C)C)c1. The second kappa shape index (κ2) is 14.0. The Morgan fingerprint density at radius 1 is 0.860 bits per heavy atom. The Morgan fingerprint density at radius 2 is 1.47 bits per heavy atom. The molecule has 1 aliphatic heterocycles. The molecule has 234 valence electrons. The number of nitrogens with zero attached hydrogens (tertiary/aromatic N) is 2. The van der Waals surface area contributed by atoms with Crippen LogP contribution in [0.15, 0.2) is 59.5 Å². The number of sulfonamides is 1. The summed E-state index contributed by atoms with van der Waals surface area (Å²) >= 11 is 0. The Hall–Kier alpha value is -3.27. The van der Waals surface area contributed by atoms with Crippen LogP contribution in [0.1, 0.15) is 81.5 Å². The molecule has 0 saturated carbocycles. The van der Waals surface area contributed by atoms with E-state index < -0.39 is 10.0 Å². The van der Waals surface area contributed by atoms with Gasteiger partial charge < -0.3 is 19.3 Å². The van der Waals surface area contributed by atoms with Gasteiger partial charge in [-0.1, -0.05) is 71.9 Å². The van der Waals surface area contributed by atoms with Crippen LogP contribution in [-0.4, -0.2) is 58.6 Å². The van der Waals surface area contributed by atoms with Crippen molar-refractivity contribution in [2.75, 3.05) is 44.4 Å². The highest BCUT2D eigenvalue weighted by molar-refractivity contribution is 7.93. The van der Waals surface area contributed by atoms with Gasteiger partial charge in [0.25, 0.3) is 10.0 Å². The molecule has 0 saturated heterocycles. The Bertz CT molecular complexity index is 1460. The minimum Gasteiger partial charge on any atom is -0.492 e. The number of aliphatic hydroxyl groups excluding tert-OH is 1. The van der Waals surface area contributed by atoms with Crippen LogP contribution in [0.4, 0.5) is 5.69 Å². The van der Waals surface area contributed by atoms with Crippen molar-refractivity contribution in [3.63, 3.8) is 0 Å². The molecule has 4 rings (SSSR count). The van der Waals surface area contributed by atoms with Crippen LogP contribution in [0.5, 0.6) is 17.2 Å². The smallest absolute Gasteiger partial charge is 0.264 e. The fraction of sp³-hybridized carbons (Fsp3) is 0.471. The van der Waals surface area contributed by atoms with Crippen LogP contribution in [0, 0.1) is 0 Å². The zero-order valence-electron chi connectivity index (χ0n) is 26.5. The van der Waals surface area contributed by atoms with Gasteiger partial charge in [0, 0.05) is 19.2 Å². The summed E-state index contributed by atoms with van der Waals surface area (Å²) in [7, 11) is -2.14. The normalized spacial score (nSPS) is 13.0. The molecule has 1 N–H and O–H groups in total. The molecule has 9 heteroatoms. The minimum absolute atomic E-state index is 0.0241. The van der Waals surface area contributed by atoms with Crippen LogP contribution in [0.2, 0.25) is 0 Å². The molecule has 0 aromatic heterocycles. The first kappa shape index (κ1) is 32.6. The number of anilines is 1. The molecule has 1 heterocycles. The number of hydrogen-bond donors (Lipinski definition) is 1. The van der Waals surface area contributed by atoms with Crippen molar-refractivity contribution < 1.29 is 27.7 Å². The first-order chi connectivity index (χ1) is 20.4. The second-order valence-corrected chi connectivity index (χ2v) is 13.8. The zero-order valence-corrected chi connectivity index (χ0v) is 27.3. The molecular formula is C34H46N2O6S. The summed E-state index contributed by atoms with van der Waals surface area (Å²) < 4.78 is 48.3. The third-order valence-corrected chi connectivity index (χ3v) is 9.65. The molecule has 3 aromatic carbocycles. The van der Waals surface area contributed by atoms with Crippen molar-refractivity contribution >= 4 is 15.7 Å². The van der Waals surface area contributed by atoms with Gasteiger partial charge in [0.05, 0.1) is 23.7 Å². The molecule has 0 unspecified atom stereocenters. The largest absolute Gasteiger partial charge is 0.492 e. The summed E-state index contributed by atoms with van der Waals surface area (Å²) in [5, 5.41) is 10.2. The van der Waals surface area contributed by atoms with Crippen molar-refractivity contribution in [2.45, 2.75) is 70.7 Å². The summed E-state index contributed by atoms with van der Waals surface area (Å²) in [6.07, 6.45) is 0. The quantitative estimate of drug-likeness (QED) is 0.223. The van der Waals surface area contributed by atoms with Crippen molar-refractivity contribution in [2.24, 2.45) is 0 Å². The van der Waals surface area contributed by atoms with E-state index in [0.717, 1.165) is 28.0 Å². The third kappa shape index (κ3) is 7.45. The topological polar surface area (TPSA) is 88.5 Å². The molecule has 0 aliphatic carbocycles. The number of para-hydroxylation sites is 1. The second-order valence-electron chi connectivity index (χ2n) is 12.0. The fourth-order valence-electron chi connectivity index (χ4n) is 5.30. The van der Waals surface area contributed by atoms with Crippen LogP contribution >= 0.6 is 0 Å². The lowest BCUT2D eigenvalue weighted by Gasteiger charge is -2.31. The average Bonchev–Trinajstić information content (AvgIpc) is 3.42. The number of fused-ring (bicyclic) bond motifs is 1. The highest BCUT2D eigenvalue weighted by atomic mass is 32.2. The molecule has 1 aliphatic rings. The number of ether oxygens (including phenoxy) is 3. The van der Waals surface area contributed by atoms with E-state index in [1.807, 2.05) is 83.3 Å². The van der Waals surface area contributed by atoms with Gasteiger partial charge in [-0.15, -0.1) is 0 Å². The summed E-state index contributed by atoms with van der Waals surface area (Å²) in [6, 6.07) is 17.3. The maximum atomic E-state index is 14.8. The van der Waals surface area contributed by atoms with Gasteiger partial charge in [0.2, 0.25) is 6.79 Å².